The van der Waals surface area contributed by atoms with Gasteiger partial charge in [-0.3, -0.25) is 9.59 Å². The third kappa shape index (κ3) is 2.76. The van der Waals surface area contributed by atoms with Gasteiger partial charge in [-0.25, -0.2) is 0 Å². The molecule has 5 nitrogen and oxygen atoms in total. The Labute approximate surface area is 139 Å². The number of amides is 1. The molecule has 2 N–H and O–H groups in total. The molecule has 0 radical (unpaired) electrons. The second kappa shape index (κ2) is 6.20. The fraction of sp³-hybridized carbons (Fsp3) is 0.158. The number of benzene rings is 2. The summed E-state index contributed by atoms with van der Waals surface area (Å²) in [5.41, 5.74) is 2.08. The zero-order chi connectivity index (χ0) is 17.3. The minimum absolute atomic E-state index is 0.0151. The molecule has 0 aliphatic rings. The van der Waals surface area contributed by atoms with E-state index in [9.17, 15) is 14.7 Å². The first kappa shape index (κ1) is 15.8. The van der Waals surface area contributed by atoms with Crippen molar-refractivity contribution in [3.63, 3.8) is 0 Å². The number of aromatic hydroxyl groups is 1. The maximum Gasteiger partial charge on any atom is 0.293 e. The zero-order valence-corrected chi connectivity index (χ0v) is 13.5. The van der Waals surface area contributed by atoms with Crippen LogP contribution in [-0.4, -0.2) is 15.6 Å². The van der Waals surface area contributed by atoms with E-state index in [4.69, 9.17) is 0 Å². The van der Waals surface area contributed by atoms with Crippen LogP contribution < -0.4 is 10.9 Å². The molecule has 1 heterocycles. The van der Waals surface area contributed by atoms with E-state index in [0.717, 1.165) is 11.1 Å². The number of fused-ring (bicyclic) bond motifs is 1. The smallest absolute Gasteiger partial charge is 0.293 e. The van der Waals surface area contributed by atoms with Gasteiger partial charge in [-0.15, -0.1) is 0 Å². The van der Waals surface area contributed by atoms with Crippen LogP contribution in [-0.2, 0) is 13.6 Å². The van der Waals surface area contributed by atoms with Gasteiger partial charge in [0.05, 0.1) is 11.1 Å². The third-order valence-electron chi connectivity index (χ3n) is 4.04. The largest absolute Gasteiger partial charge is 0.502 e. The lowest BCUT2D eigenvalue weighted by Gasteiger charge is -2.12. The van der Waals surface area contributed by atoms with Crippen LogP contribution in [0.25, 0.3) is 10.9 Å². The predicted octanol–water partition coefficient (Wildman–Crippen LogP) is 2.48. The van der Waals surface area contributed by atoms with Crippen molar-refractivity contribution in [2.24, 2.45) is 7.05 Å². The quantitative estimate of drug-likeness (QED) is 0.778. The number of carbonyl (C=O) groups is 1. The SMILES string of the molecule is Cc1cccc(CNC(=O)c2c(O)c(=O)n(C)c3ccccc23)c1. The van der Waals surface area contributed by atoms with E-state index in [0.29, 0.717) is 17.4 Å². The minimum Gasteiger partial charge on any atom is -0.502 e. The highest BCUT2D eigenvalue weighted by molar-refractivity contribution is 6.08. The Kier molecular flexibility index (Phi) is 4.08. The molecule has 0 saturated carbocycles. The molecule has 0 saturated heterocycles. The molecule has 0 aliphatic carbocycles. The minimum atomic E-state index is -0.589. The number of nitrogens with zero attached hydrogens (tertiary/aromatic N) is 1. The van der Waals surface area contributed by atoms with E-state index in [1.54, 1.807) is 31.3 Å². The van der Waals surface area contributed by atoms with Gasteiger partial charge in [0.1, 0.15) is 0 Å². The molecule has 0 unspecified atom stereocenters. The van der Waals surface area contributed by atoms with E-state index in [1.807, 2.05) is 31.2 Å². The van der Waals surface area contributed by atoms with Gasteiger partial charge in [-0.1, -0.05) is 48.0 Å². The fourth-order valence-electron chi connectivity index (χ4n) is 2.80. The van der Waals surface area contributed by atoms with Gasteiger partial charge in [-0.2, -0.15) is 0 Å². The van der Waals surface area contributed by atoms with Crippen molar-refractivity contribution in [1.82, 2.24) is 9.88 Å². The molecule has 0 spiro atoms. The maximum absolute atomic E-state index is 12.6. The van der Waals surface area contributed by atoms with Crippen molar-refractivity contribution in [3.05, 3.63) is 75.6 Å². The molecule has 0 atom stereocenters. The Bertz CT molecular complexity index is 990. The van der Waals surface area contributed by atoms with Gasteiger partial charge < -0.3 is 15.0 Å². The molecule has 5 heteroatoms. The van der Waals surface area contributed by atoms with Gasteiger partial charge >= 0.3 is 0 Å². The summed E-state index contributed by atoms with van der Waals surface area (Å²) in [5.74, 6) is -0.999. The number of carbonyl (C=O) groups excluding carboxylic acids is 1. The lowest BCUT2D eigenvalue weighted by Crippen LogP contribution is -2.27. The van der Waals surface area contributed by atoms with Gasteiger partial charge in [0.25, 0.3) is 11.5 Å². The van der Waals surface area contributed by atoms with Crippen LogP contribution in [0.5, 0.6) is 5.75 Å². The summed E-state index contributed by atoms with van der Waals surface area (Å²) in [6.07, 6.45) is 0. The van der Waals surface area contributed by atoms with Gasteiger partial charge in [0.15, 0.2) is 5.75 Å². The maximum atomic E-state index is 12.6. The van der Waals surface area contributed by atoms with Crippen LogP contribution in [0.4, 0.5) is 0 Å². The predicted molar refractivity (Wildman–Crippen MR) is 93.2 cm³/mol. The second-order valence-electron chi connectivity index (χ2n) is 5.78. The Morgan fingerprint density at radius 1 is 1.17 bits per heavy atom. The number of aromatic nitrogens is 1. The molecule has 24 heavy (non-hydrogen) atoms. The molecule has 0 fully saturated rings. The number of hydrogen-bond acceptors (Lipinski definition) is 3. The third-order valence-corrected chi connectivity index (χ3v) is 4.04. The van der Waals surface area contributed by atoms with Crippen molar-refractivity contribution in [3.8, 4) is 5.75 Å². The van der Waals surface area contributed by atoms with Crippen LogP contribution in [0.1, 0.15) is 21.5 Å². The first-order valence-electron chi connectivity index (χ1n) is 7.63. The first-order valence-corrected chi connectivity index (χ1v) is 7.63. The van der Waals surface area contributed by atoms with Crippen molar-refractivity contribution in [2.45, 2.75) is 13.5 Å². The summed E-state index contributed by atoms with van der Waals surface area (Å²) >= 11 is 0. The lowest BCUT2D eigenvalue weighted by atomic mass is 10.1. The Hall–Kier alpha value is -3.08. The Balaban J connectivity index is 1.99. The number of pyridine rings is 1. The molecule has 3 aromatic rings. The number of nitrogens with one attached hydrogen (secondary N) is 1. The van der Waals surface area contributed by atoms with E-state index in [-0.39, 0.29) is 5.56 Å². The molecular weight excluding hydrogens is 304 g/mol. The molecular formula is C19H18N2O3. The van der Waals surface area contributed by atoms with E-state index in [1.165, 1.54) is 4.57 Å². The van der Waals surface area contributed by atoms with Crippen molar-refractivity contribution in [2.75, 3.05) is 0 Å². The number of para-hydroxylation sites is 1. The summed E-state index contributed by atoms with van der Waals surface area (Å²) < 4.78 is 1.34. The number of rotatable bonds is 3. The standard InChI is InChI=1S/C19H18N2O3/c1-12-6-5-7-13(10-12)11-20-18(23)16-14-8-3-4-9-15(14)21(2)19(24)17(16)22/h3-10,22H,11H2,1-2H3,(H,20,23). The molecule has 0 aliphatic heterocycles. The van der Waals surface area contributed by atoms with Gasteiger partial charge in [0, 0.05) is 19.0 Å². The molecule has 1 aromatic heterocycles. The molecule has 2 aromatic carbocycles. The summed E-state index contributed by atoms with van der Waals surface area (Å²) in [7, 11) is 1.57. The fourth-order valence-corrected chi connectivity index (χ4v) is 2.80. The van der Waals surface area contributed by atoms with E-state index < -0.39 is 17.2 Å². The average Bonchev–Trinajstić information content (AvgIpc) is 2.58. The van der Waals surface area contributed by atoms with E-state index in [2.05, 4.69) is 5.32 Å². The summed E-state index contributed by atoms with van der Waals surface area (Å²) in [6, 6.07) is 14.8. The van der Waals surface area contributed by atoms with Crippen LogP contribution in [0.3, 0.4) is 0 Å². The van der Waals surface area contributed by atoms with Crippen LogP contribution in [0.2, 0.25) is 0 Å². The summed E-state index contributed by atoms with van der Waals surface area (Å²) in [4.78, 5) is 24.7. The number of hydrogen-bond donors (Lipinski definition) is 2. The monoisotopic (exact) mass is 322 g/mol. The van der Waals surface area contributed by atoms with Crippen molar-refractivity contribution < 1.29 is 9.90 Å². The number of aryl methyl sites for hydroxylation is 2. The van der Waals surface area contributed by atoms with Crippen LogP contribution in [0, 0.1) is 6.92 Å². The summed E-state index contributed by atoms with van der Waals surface area (Å²) in [5, 5.41) is 13.5. The summed E-state index contributed by atoms with van der Waals surface area (Å²) in [6.45, 7) is 2.30. The van der Waals surface area contributed by atoms with Crippen LogP contribution >= 0.6 is 0 Å². The molecule has 122 valence electrons. The topological polar surface area (TPSA) is 71.3 Å². The molecule has 3 rings (SSSR count). The average molecular weight is 322 g/mol. The van der Waals surface area contributed by atoms with E-state index >= 15 is 0 Å². The molecule has 0 bridgehead atoms. The second-order valence-corrected chi connectivity index (χ2v) is 5.78. The van der Waals surface area contributed by atoms with Crippen LogP contribution in [0.15, 0.2) is 53.3 Å². The first-order chi connectivity index (χ1) is 11.5. The molecule has 1 amide bonds. The van der Waals surface area contributed by atoms with Gasteiger partial charge in [-0.05, 0) is 18.6 Å². The normalized spacial score (nSPS) is 10.8. The highest BCUT2D eigenvalue weighted by atomic mass is 16.3. The van der Waals surface area contributed by atoms with Gasteiger partial charge in [0.2, 0.25) is 0 Å². The zero-order valence-electron chi connectivity index (χ0n) is 13.5. The Morgan fingerprint density at radius 3 is 2.67 bits per heavy atom. The Morgan fingerprint density at radius 2 is 1.92 bits per heavy atom. The highest BCUT2D eigenvalue weighted by Gasteiger charge is 2.20. The lowest BCUT2D eigenvalue weighted by molar-refractivity contribution is 0.0949. The van der Waals surface area contributed by atoms with Crippen molar-refractivity contribution >= 4 is 16.8 Å². The highest BCUT2D eigenvalue weighted by Crippen LogP contribution is 2.23. The van der Waals surface area contributed by atoms with Crippen molar-refractivity contribution in [1.29, 1.82) is 0 Å².